The van der Waals surface area contributed by atoms with Crippen molar-refractivity contribution in [1.82, 2.24) is 19.6 Å². The molecule has 0 spiro atoms. The molecule has 9 rings (SSSR count). The van der Waals surface area contributed by atoms with Crippen LogP contribution >= 0.6 is 11.6 Å². The van der Waals surface area contributed by atoms with E-state index in [1.165, 1.54) is 26.0 Å². The molecule has 5 heterocycles. The number of piperazine rings is 1. The van der Waals surface area contributed by atoms with E-state index in [2.05, 4.69) is 24.8 Å². The van der Waals surface area contributed by atoms with Gasteiger partial charge >= 0.3 is 6.18 Å². The van der Waals surface area contributed by atoms with Crippen molar-refractivity contribution in [3.05, 3.63) is 111 Å². The Hall–Kier alpha value is -5.89. The van der Waals surface area contributed by atoms with Crippen molar-refractivity contribution < 1.29 is 40.8 Å². The maximum absolute atomic E-state index is 14.4. The van der Waals surface area contributed by atoms with Crippen molar-refractivity contribution in [3.63, 3.8) is 0 Å². The third-order valence-corrected chi connectivity index (χ3v) is 16.0. The first kappa shape index (κ1) is 49.1. The monoisotopic (exact) mass is 1000 g/mol. The molecule has 2 fully saturated rings. The molecule has 4 aliphatic rings. The van der Waals surface area contributed by atoms with Gasteiger partial charge in [-0.3, -0.25) is 19.8 Å². The normalized spacial score (nSPS) is 19.8. The summed E-state index contributed by atoms with van der Waals surface area (Å²) in [5, 5.41) is 16.7. The lowest BCUT2D eigenvalue weighted by Crippen LogP contribution is -2.47. The highest BCUT2D eigenvalue weighted by Crippen LogP contribution is 2.51. The second-order valence-electron chi connectivity index (χ2n) is 19.3. The lowest BCUT2D eigenvalue weighted by molar-refractivity contribution is -0.384. The van der Waals surface area contributed by atoms with Gasteiger partial charge in [0.15, 0.2) is 0 Å². The van der Waals surface area contributed by atoms with Gasteiger partial charge in [-0.15, -0.1) is 0 Å². The zero-order valence-corrected chi connectivity index (χ0v) is 40.7. The van der Waals surface area contributed by atoms with Crippen LogP contribution < -0.4 is 24.6 Å². The number of halogens is 4. The second-order valence-corrected chi connectivity index (χ2v) is 21.4. The van der Waals surface area contributed by atoms with Gasteiger partial charge in [-0.25, -0.2) is 13.1 Å². The minimum atomic E-state index is -4.64. The van der Waals surface area contributed by atoms with Gasteiger partial charge in [0.2, 0.25) is 5.88 Å². The number of nitrogens with zero attached hydrogens (tertiary/aromatic N) is 5. The molecule has 1 aliphatic carbocycles. The fourth-order valence-electron chi connectivity index (χ4n) is 10.1. The molecule has 70 heavy (non-hydrogen) atoms. The predicted octanol–water partition coefficient (Wildman–Crippen LogP) is 9.97. The number of allylic oxidation sites excluding steroid dienone is 1. The van der Waals surface area contributed by atoms with Gasteiger partial charge < -0.3 is 29.6 Å². The molecule has 0 radical (unpaired) electrons. The van der Waals surface area contributed by atoms with Gasteiger partial charge in [-0.2, -0.15) is 18.2 Å². The Labute approximate surface area is 409 Å². The van der Waals surface area contributed by atoms with Crippen LogP contribution in [0.25, 0.3) is 16.6 Å². The molecule has 3 aromatic carbocycles. The fraction of sp³-hybridized carbons (Fsp3) is 0.440. The molecule has 1 amide bonds. The van der Waals surface area contributed by atoms with E-state index in [-0.39, 0.29) is 23.7 Å². The van der Waals surface area contributed by atoms with Crippen LogP contribution in [0, 0.1) is 27.4 Å². The summed E-state index contributed by atoms with van der Waals surface area (Å²) in [7, 11) is -4.64. The number of nitro benzene ring substituents is 1. The Balaban J connectivity index is 0.987. The Morgan fingerprint density at radius 1 is 0.971 bits per heavy atom. The number of aromatic amines is 1. The van der Waals surface area contributed by atoms with Crippen molar-refractivity contribution in [2.24, 2.45) is 17.3 Å². The number of H-pyrrole nitrogens is 1. The SMILES string of the molecule is C[C@@H]1CN(c2cc(N3CCN(CC4=C(c5ccc(Cl)cc5)CC[C@@H](C(C)(C)C(F)(F)F)C4)CC3)ccc2C(=O)NS(=O)(=O)c2ccc(NCC3CCOCC3)c([N+](=O)[O-])c2)c2cc3cc[nH]c3nc2O1. The summed E-state index contributed by atoms with van der Waals surface area (Å²) < 4.78 is 84.8. The average Bonchev–Trinajstić information content (AvgIpc) is 3.80. The van der Waals surface area contributed by atoms with Crippen LogP contribution in [0.15, 0.2) is 89.5 Å². The number of ether oxygens (including phenoxy) is 2. The van der Waals surface area contributed by atoms with Crippen LogP contribution in [0.5, 0.6) is 5.88 Å². The number of hydrogen-bond acceptors (Lipinski definition) is 12. The number of aromatic nitrogens is 2. The summed E-state index contributed by atoms with van der Waals surface area (Å²) in [6, 6.07) is 19.9. The lowest BCUT2D eigenvalue weighted by atomic mass is 9.68. The molecule has 2 saturated heterocycles. The van der Waals surface area contributed by atoms with Crippen molar-refractivity contribution in [3.8, 4) is 5.88 Å². The number of carbonyl (C=O) groups is 1. The molecule has 2 atom stereocenters. The number of amides is 1. The number of nitro groups is 1. The van der Waals surface area contributed by atoms with Crippen molar-refractivity contribution in [2.45, 2.75) is 70.1 Å². The summed E-state index contributed by atoms with van der Waals surface area (Å²) in [5.41, 5.74) is 3.23. The summed E-state index contributed by atoms with van der Waals surface area (Å²) in [5.74, 6) is -0.962. The third kappa shape index (κ3) is 10.3. The third-order valence-electron chi connectivity index (χ3n) is 14.4. The smallest absolute Gasteiger partial charge is 0.394 e. The first-order chi connectivity index (χ1) is 33.3. The molecule has 3 aliphatic heterocycles. The number of benzene rings is 3. The van der Waals surface area contributed by atoms with E-state index >= 15 is 0 Å². The van der Waals surface area contributed by atoms with Crippen molar-refractivity contribution in [2.75, 3.05) is 74.1 Å². The van der Waals surface area contributed by atoms with Gasteiger partial charge in [0, 0.05) is 80.8 Å². The standard InChI is InChI=1S/C50H56ClF3N8O7S/c1-31-29-61(45-25-34-14-17-55-46(34)57-48(45)69-31)43-26-38(9-12-41(43)47(63)58-70(66,67)39-10-13-42(44(27-39)62(64)65)56-28-32-15-22-68-23-16-32)60-20-18-59(19-21-60)30-35-24-36(49(2,3)50(52,53)54)6-11-40(35)33-4-7-37(51)8-5-33/h4-5,7-10,12-14,17,25-27,31-32,36,56H,6,11,15-16,18-24,28-30H2,1-3H3,(H,55,57)(H,58,63)/t31-,36-/m1/s1. The Bertz CT molecular complexity index is 2920. The lowest BCUT2D eigenvalue weighted by Gasteiger charge is -2.42. The Morgan fingerprint density at radius 2 is 1.71 bits per heavy atom. The summed E-state index contributed by atoms with van der Waals surface area (Å²) >= 11 is 6.22. The summed E-state index contributed by atoms with van der Waals surface area (Å²) in [6.45, 7) is 9.23. The minimum absolute atomic E-state index is 0.0275. The van der Waals surface area contributed by atoms with Crippen LogP contribution in [0.2, 0.25) is 5.02 Å². The summed E-state index contributed by atoms with van der Waals surface area (Å²) in [4.78, 5) is 39.7. The number of fused-ring (bicyclic) bond motifs is 2. The van der Waals surface area contributed by atoms with Gasteiger partial charge in [-0.1, -0.05) is 43.2 Å². The summed E-state index contributed by atoms with van der Waals surface area (Å²) in [6.07, 6.45) is -0.118. The first-order valence-corrected chi connectivity index (χ1v) is 25.4. The molecule has 0 bridgehead atoms. The van der Waals surface area contributed by atoms with E-state index < -0.39 is 55.0 Å². The largest absolute Gasteiger partial charge is 0.471 e. The number of pyridine rings is 1. The van der Waals surface area contributed by atoms with E-state index in [1.54, 1.807) is 18.3 Å². The van der Waals surface area contributed by atoms with E-state index in [0.717, 1.165) is 46.7 Å². The number of rotatable bonds is 13. The average molecular weight is 1010 g/mol. The molecular weight excluding hydrogens is 949 g/mol. The first-order valence-electron chi connectivity index (χ1n) is 23.6. The highest BCUT2D eigenvalue weighted by Gasteiger charge is 2.52. The van der Waals surface area contributed by atoms with Crippen LogP contribution in [-0.4, -0.2) is 105 Å². The van der Waals surface area contributed by atoms with E-state index in [1.807, 2.05) is 54.3 Å². The number of sulfonamides is 1. The fourth-order valence-corrected chi connectivity index (χ4v) is 11.2. The van der Waals surface area contributed by atoms with Gasteiger partial charge in [-0.05, 0) is 117 Å². The van der Waals surface area contributed by atoms with E-state index in [4.69, 9.17) is 26.1 Å². The maximum Gasteiger partial charge on any atom is 0.394 e. The molecule has 2 aromatic heterocycles. The molecule has 0 unspecified atom stereocenters. The topological polar surface area (TPSA) is 175 Å². The zero-order valence-electron chi connectivity index (χ0n) is 39.2. The number of alkyl halides is 3. The van der Waals surface area contributed by atoms with Crippen LogP contribution in [-0.2, 0) is 14.8 Å². The molecule has 20 heteroatoms. The number of anilines is 4. The number of hydrogen-bond donors (Lipinski definition) is 3. The molecule has 372 valence electrons. The molecular formula is C50H56ClF3N8O7S. The van der Waals surface area contributed by atoms with Crippen molar-refractivity contribution >= 4 is 72.6 Å². The van der Waals surface area contributed by atoms with Gasteiger partial charge in [0.25, 0.3) is 21.6 Å². The predicted molar refractivity (Wildman–Crippen MR) is 264 cm³/mol. The van der Waals surface area contributed by atoms with Crippen molar-refractivity contribution in [1.29, 1.82) is 0 Å². The van der Waals surface area contributed by atoms with Gasteiger partial charge in [0.1, 0.15) is 23.1 Å². The van der Waals surface area contributed by atoms with Gasteiger partial charge in [0.05, 0.1) is 33.0 Å². The Kier molecular flexibility index (Phi) is 13.8. The van der Waals surface area contributed by atoms with Crippen LogP contribution in [0.3, 0.4) is 0 Å². The Morgan fingerprint density at radius 3 is 2.43 bits per heavy atom. The quantitative estimate of drug-likeness (QED) is 0.0753. The van der Waals surface area contributed by atoms with Crippen LogP contribution in [0.1, 0.15) is 68.8 Å². The molecule has 3 N–H and O–H groups in total. The highest BCUT2D eigenvalue weighted by atomic mass is 35.5. The molecule has 0 saturated carbocycles. The molecule has 5 aromatic rings. The zero-order chi connectivity index (χ0) is 49.5. The second kappa shape index (κ2) is 19.7. The number of nitrogens with one attached hydrogen (secondary N) is 3. The minimum Gasteiger partial charge on any atom is -0.471 e. The van der Waals surface area contributed by atoms with E-state index in [0.29, 0.717) is 99.7 Å². The highest BCUT2D eigenvalue weighted by molar-refractivity contribution is 7.90. The molecule has 15 nitrogen and oxygen atoms in total. The number of carbonyl (C=O) groups excluding carboxylic acids is 1. The van der Waals surface area contributed by atoms with E-state index in [9.17, 15) is 36.5 Å². The van der Waals surface area contributed by atoms with Crippen LogP contribution in [0.4, 0.5) is 41.6 Å². The maximum atomic E-state index is 14.4.